The van der Waals surface area contributed by atoms with Gasteiger partial charge in [-0.15, -0.1) is 0 Å². The minimum atomic E-state index is -0.0361. The topological polar surface area (TPSA) is 54.5 Å². The Bertz CT molecular complexity index is 403. The van der Waals surface area contributed by atoms with Gasteiger partial charge in [0, 0.05) is 19.3 Å². The number of rotatable bonds is 3. The van der Waals surface area contributed by atoms with E-state index >= 15 is 0 Å². The maximum Gasteiger partial charge on any atom is 0.317 e. The van der Waals surface area contributed by atoms with Crippen LogP contribution in [0.15, 0.2) is 18.3 Å². The molecule has 0 saturated carbocycles. The van der Waals surface area contributed by atoms with Crippen LogP contribution in [0.2, 0.25) is 0 Å². The number of pyridine rings is 1. The number of carbonyl (C=O) groups is 1. The Morgan fingerprint density at radius 2 is 2.28 bits per heavy atom. The number of urea groups is 1. The largest absolute Gasteiger partial charge is 0.378 e. The summed E-state index contributed by atoms with van der Waals surface area (Å²) in [5, 5.41) is 2.91. The number of carbonyl (C=O) groups excluding carboxylic acids is 1. The summed E-state index contributed by atoms with van der Waals surface area (Å²) >= 11 is 0. The van der Waals surface area contributed by atoms with Gasteiger partial charge in [-0.1, -0.05) is 13.0 Å². The van der Waals surface area contributed by atoms with E-state index in [0.29, 0.717) is 32.8 Å². The van der Waals surface area contributed by atoms with Gasteiger partial charge in [-0.2, -0.15) is 0 Å². The third-order valence-electron chi connectivity index (χ3n) is 3.07. The number of ether oxygens (including phenoxy) is 1. The maximum atomic E-state index is 11.9. The lowest BCUT2D eigenvalue weighted by Gasteiger charge is -2.27. The molecular formula is C13H19N3O2. The van der Waals surface area contributed by atoms with E-state index < -0.39 is 0 Å². The Labute approximate surface area is 107 Å². The predicted molar refractivity (Wildman–Crippen MR) is 68.2 cm³/mol. The van der Waals surface area contributed by atoms with Gasteiger partial charge in [0.25, 0.3) is 0 Å². The van der Waals surface area contributed by atoms with Crippen LogP contribution in [0.1, 0.15) is 18.2 Å². The zero-order chi connectivity index (χ0) is 12.8. The Morgan fingerprint density at radius 3 is 3.00 bits per heavy atom. The molecular weight excluding hydrogens is 230 g/mol. The molecule has 1 fully saturated rings. The van der Waals surface area contributed by atoms with Crippen molar-refractivity contribution in [3.63, 3.8) is 0 Å². The number of hydrogen-bond donors (Lipinski definition) is 1. The first-order chi connectivity index (χ1) is 8.81. The standard InChI is InChI=1S/C13H19N3O2/c1-2-11-4-3-5-14-12(11)10-15-13(17)16-6-8-18-9-7-16/h3-5H,2,6-10H2,1H3,(H,15,17). The number of nitrogens with zero attached hydrogens (tertiary/aromatic N) is 2. The molecule has 1 aromatic rings. The van der Waals surface area contributed by atoms with Crippen LogP contribution >= 0.6 is 0 Å². The molecule has 0 spiro atoms. The lowest BCUT2D eigenvalue weighted by molar-refractivity contribution is 0.0531. The average molecular weight is 249 g/mol. The number of aryl methyl sites for hydroxylation is 1. The minimum Gasteiger partial charge on any atom is -0.378 e. The van der Waals surface area contributed by atoms with Gasteiger partial charge >= 0.3 is 6.03 Å². The second-order valence-corrected chi connectivity index (χ2v) is 4.22. The van der Waals surface area contributed by atoms with E-state index in [-0.39, 0.29) is 6.03 Å². The quantitative estimate of drug-likeness (QED) is 0.875. The predicted octanol–water partition coefficient (Wildman–Crippen LogP) is 1.19. The number of nitrogens with one attached hydrogen (secondary N) is 1. The van der Waals surface area contributed by atoms with E-state index in [0.717, 1.165) is 12.1 Å². The van der Waals surface area contributed by atoms with Gasteiger partial charge in [-0.25, -0.2) is 4.79 Å². The average Bonchev–Trinajstić information content (AvgIpc) is 2.46. The van der Waals surface area contributed by atoms with Crippen molar-refractivity contribution in [3.8, 4) is 0 Å². The molecule has 0 radical (unpaired) electrons. The molecule has 1 saturated heterocycles. The van der Waals surface area contributed by atoms with Crippen molar-refractivity contribution in [1.82, 2.24) is 15.2 Å². The highest BCUT2D eigenvalue weighted by Gasteiger charge is 2.16. The van der Waals surface area contributed by atoms with E-state index in [9.17, 15) is 4.79 Å². The third-order valence-corrected chi connectivity index (χ3v) is 3.07. The smallest absolute Gasteiger partial charge is 0.317 e. The highest BCUT2D eigenvalue weighted by atomic mass is 16.5. The van der Waals surface area contributed by atoms with Gasteiger partial charge in [-0.05, 0) is 18.1 Å². The maximum absolute atomic E-state index is 11.9. The van der Waals surface area contributed by atoms with Crippen LogP contribution < -0.4 is 5.32 Å². The molecule has 0 atom stereocenters. The Kier molecular flexibility index (Phi) is 4.52. The van der Waals surface area contributed by atoms with Gasteiger partial charge in [0.2, 0.25) is 0 Å². The van der Waals surface area contributed by atoms with Crippen LogP contribution in [-0.2, 0) is 17.7 Å². The summed E-state index contributed by atoms with van der Waals surface area (Å²) in [6, 6.07) is 3.93. The van der Waals surface area contributed by atoms with Crippen molar-refractivity contribution in [1.29, 1.82) is 0 Å². The molecule has 0 bridgehead atoms. The lowest BCUT2D eigenvalue weighted by Crippen LogP contribution is -2.46. The van der Waals surface area contributed by atoms with Crippen molar-refractivity contribution in [2.45, 2.75) is 19.9 Å². The van der Waals surface area contributed by atoms with Crippen LogP contribution in [0.3, 0.4) is 0 Å². The molecule has 0 aliphatic carbocycles. The van der Waals surface area contributed by atoms with E-state index in [1.54, 1.807) is 11.1 Å². The van der Waals surface area contributed by atoms with Crippen molar-refractivity contribution < 1.29 is 9.53 Å². The molecule has 0 unspecified atom stereocenters. The van der Waals surface area contributed by atoms with Crippen LogP contribution in [0.4, 0.5) is 4.79 Å². The van der Waals surface area contributed by atoms with Gasteiger partial charge in [0.05, 0.1) is 25.5 Å². The fourth-order valence-electron chi connectivity index (χ4n) is 1.99. The Balaban J connectivity index is 1.88. The van der Waals surface area contributed by atoms with Crippen molar-refractivity contribution in [2.75, 3.05) is 26.3 Å². The van der Waals surface area contributed by atoms with E-state index in [2.05, 4.69) is 17.2 Å². The third kappa shape index (κ3) is 3.20. The summed E-state index contributed by atoms with van der Waals surface area (Å²) in [7, 11) is 0. The Morgan fingerprint density at radius 1 is 1.50 bits per heavy atom. The molecule has 18 heavy (non-hydrogen) atoms. The number of amides is 2. The van der Waals surface area contributed by atoms with Crippen molar-refractivity contribution >= 4 is 6.03 Å². The molecule has 0 aromatic carbocycles. The van der Waals surface area contributed by atoms with Gasteiger partial charge in [-0.3, -0.25) is 4.98 Å². The molecule has 5 nitrogen and oxygen atoms in total. The van der Waals surface area contributed by atoms with Crippen LogP contribution in [-0.4, -0.2) is 42.2 Å². The highest BCUT2D eigenvalue weighted by Crippen LogP contribution is 2.06. The second-order valence-electron chi connectivity index (χ2n) is 4.22. The lowest BCUT2D eigenvalue weighted by atomic mass is 10.1. The molecule has 1 aliphatic heterocycles. The van der Waals surface area contributed by atoms with Gasteiger partial charge < -0.3 is 15.0 Å². The number of hydrogen-bond acceptors (Lipinski definition) is 3. The summed E-state index contributed by atoms with van der Waals surface area (Å²) in [6.45, 7) is 5.14. The van der Waals surface area contributed by atoms with E-state index in [1.807, 2.05) is 12.1 Å². The first-order valence-electron chi connectivity index (χ1n) is 6.34. The zero-order valence-corrected chi connectivity index (χ0v) is 10.7. The molecule has 1 N–H and O–H groups in total. The minimum absolute atomic E-state index is 0.0361. The monoisotopic (exact) mass is 249 g/mol. The first-order valence-corrected chi connectivity index (χ1v) is 6.34. The summed E-state index contributed by atoms with van der Waals surface area (Å²) in [5.74, 6) is 0. The Hall–Kier alpha value is -1.62. The van der Waals surface area contributed by atoms with Crippen LogP contribution in [0, 0.1) is 0 Å². The molecule has 1 aliphatic rings. The molecule has 2 heterocycles. The summed E-state index contributed by atoms with van der Waals surface area (Å²) in [5.41, 5.74) is 2.13. The van der Waals surface area contributed by atoms with E-state index in [4.69, 9.17) is 4.74 Å². The first kappa shape index (κ1) is 12.8. The molecule has 1 aromatic heterocycles. The van der Waals surface area contributed by atoms with Crippen LogP contribution in [0.25, 0.3) is 0 Å². The van der Waals surface area contributed by atoms with Gasteiger partial charge in [0.1, 0.15) is 0 Å². The molecule has 2 amide bonds. The fraction of sp³-hybridized carbons (Fsp3) is 0.538. The number of morpholine rings is 1. The van der Waals surface area contributed by atoms with Crippen LogP contribution in [0.5, 0.6) is 0 Å². The van der Waals surface area contributed by atoms with E-state index in [1.165, 1.54) is 5.56 Å². The fourth-order valence-corrected chi connectivity index (χ4v) is 1.99. The SMILES string of the molecule is CCc1cccnc1CNC(=O)N1CCOCC1. The summed E-state index contributed by atoms with van der Waals surface area (Å²) < 4.78 is 5.22. The number of aromatic nitrogens is 1. The summed E-state index contributed by atoms with van der Waals surface area (Å²) in [4.78, 5) is 18.0. The highest BCUT2D eigenvalue weighted by molar-refractivity contribution is 5.74. The second kappa shape index (κ2) is 6.35. The normalized spacial score (nSPS) is 15.5. The summed E-state index contributed by atoms with van der Waals surface area (Å²) in [6.07, 6.45) is 2.69. The molecule has 98 valence electrons. The zero-order valence-electron chi connectivity index (χ0n) is 10.7. The molecule has 5 heteroatoms. The van der Waals surface area contributed by atoms with Crippen molar-refractivity contribution in [3.05, 3.63) is 29.6 Å². The van der Waals surface area contributed by atoms with Gasteiger partial charge in [0.15, 0.2) is 0 Å². The molecule has 2 rings (SSSR count). The van der Waals surface area contributed by atoms with Crippen molar-refractivity contribution in [2.24, 2.45) is 0 Å².